The Bertz CT molecular complexity index is 805. The van der Waals surface area contributed by atoms with Gasteiger partial charge in [0.2, 0.25) is 0 Å². The Morgan fingerprint density at radius 2 is 1.19 bits per heavy atom. The highest BCUT2D eigenvalue weighted by atomic mass is 79.9. The summed E-state index contributed by atoms with van der Waals surface area (Å²) in [5.74, 6) is 1.82. The molecule has 0 unspecified atom stereocenters. The Hall–Kier alpha value is -2.52. The van der Waals surface area contributed by atoms with Gasteiger partial charge in [0.15, 0.2) is 0 Å². The van der Waals surface area contributed by atoms with Crippen LogP contribution in [0.1, 0.15) is 22.6 Å². The number of hydrogen-bond acceptors (Lipinski definition) is 2. The van der Waals surface area contributed by atoms with Crippen molar-refractivity contribution in [2.75, 3.05) is 14.2 Å². The molecule has 0 saturated heterocycles. The smallest absolute Gasteiger partial charge is 0.118 e. The molecule has 3 heteroatoms. The van der Waals surface area contributed by atoms with Crippen molar-refractivity contribution in [1.29, 1.82) is 0 Å². The van der Waals surface area contributed by atoms with Gasteiger partial charge >= 0.3 is 0 Å². The van der Waals surface area contributed by atoms with Gasteiger partial charge in [0.05, 0.1) is 14.2 Å². The largest absolute Gasteiger partial charge is 0.497 e. The van der Waals surface area contributed by atoms with E-state index in [2.05, 4.69) is 58.4 Å². The number of allylic oxidation sites excluding steroid dienone is 1. The maximum absolute atomic E-state index is 5.29. The summed E-state index contributed by atoms with van der Waals surface area (Å²) in [6, 6.07) is 26.7. The highest BCUT2D eigenvalue weighted by Crippen LogP contribution is 2.33. The average Bonchev–Trinajstić information content (AvgIpc) is 2.73. The fraction of sp³-hybridized carbons (Fsp3) is 0.130. The van der Waals surface area contributed by atoms with Crippen molar-refractivity contribution in [3.8, 4) is 11.5 Å². The summed E-state index contributed by atoms with van der Waals surface area (Å²) < 4.78 is 11.7. The molecule has 0 aliphatic carbocycles. The van der Waals surface area contributed by atoms with Crippen LogP contribution in [0.25, 0.3) is 4.48 Å². The van der Waals surface area contributed by atoms with Crippen LogP contribution in [0.5, 0.6) is 11.5 Å². The van der Waals surface area contributed by atoms with Gasteiger partial charge in [-0.1, -0.05) is 76.6 Å². The number of methoxy groups -OCH3 is 2. The molecule has 0 atom stereocenters. The van der Waals surface area contributed by atoms with E-state index in [-0.39, 0.29) is 5.92 Å². The number of halogens is 1. The molecule has 26 heavy (non-hydrogen) atoms. The van der Waals surface area contributed by atoms with Crippen LogP contribution in [0.4, 0.5) is 0 Å². The summed E-state index contributed by atoms with van der Waals surface area (Å²) in [6.07, 6.45) is 2.24. The van der Waals surface area contributed by atoms with Crippen molar-refractivity contribution in [3.63, 3.8) is 0 Å². The van der Waals surface area contributed by atoms with E-state index in [1.54, 1.807) is 14.2 Å². The number of rotatable bonds is 6. The Morgan fingerprint density at radius 3 is 1.62 bits per heavy atom. The Kier molecular flexibility index (Phi) is 6.13. The standard InChI is InChI=1S/C23H21BrO2/c1-25-20-12-8-17(9-13-20)22(18-10-14-21(26-2)15-11-18)16-23(24)19-6-4-3-5-7-19/h3-16,22H,1-2H3/b23-16-. The second kappa shape index (κ2) is 8.72. The molecule has 0 amide bonds. The summed E-state index contributed by atoms with van der Waals surface area (Å²) in [5, 5.41) is 0. The predicted molar refractivity (Wildman–Crippen MR) is 111 cm³/mol. The van der Waals surface area contributed by atoms with Crippen LogP contribution in [0.3, 0.4) is 0 Å². The predicted octanol–water partition coefficient (Wildman–Crippen LogP) is 6.27. The van der Waals surface area contributed by atoms with Crippen LogP contribution in [-0.4, -0.2) is 14.2 Å². The first kappa shape index (κ1) is 18.3. The van der Waals surface area contributed by atoms with Gasteiger partial charge in [-0.15, -0.1) is 0 Å². The SMILES string of the molecule is COc1ccc(C(/C=C(\Br)c2ccccc2)c2ccc(OC)cc2)cc1. The fourth-order valence-electron chi connectivity index (χ4n) is 2.85. The molecule has 0 bridgehead atoms. The first-order valence-electron chi connectivity index (χ1n) is 8.42. The summed E-state index contributed by atoms with van der Waals surface area (Å²) in [7, 11) is 3.36. The Morgan fingerprint density at radius 1 is 0.731 bits per heavy atom. The van der Waals surface area contributed by atoms with Gasteiger partial charge in [-0.25, -0.2) is 0 Å². The van der Waals surface area contributed by atoms with E-state index in [4.69, 9.17) is 9.47 Å². The lowest BCUT2D eigenvalue weighted by atomic mass is 9.90. The van der Waals surface area contributed by atoms with Crippen molar-refractivity contribution in [3.05, 3.63) is 102 Å². The molecule has 0 fully saturated rings. The summed E-state index contributed by atoms with van der Waals surface area (Å²) >= 11 is 3.75. The van der Waals surface area contributed by atoms with Gasteiger partial charge in [-0.2, -0.15) is 0 Å². The minimum atomic E-state index is 0.112. The maximum Gasteiger partial charge on any atom is 0.118 e. The molecule has 3 aromatic rings. The number of ether oxygens (including phenoxy) is 2. The topological polar surface area (TPSA) is 18.5 Å². The van der Waals surface area contributed by atoms with E-state index < -0.39 is 0 Å². The normalized spacial score (nSPS) is 11.5. The molecule has 2 nitrogen and oxygen atoms in total. The zero-order valence-corrected chi connectivity index (χ0v) is 16.4. The first-order valence-corrected chi connectivity index (χ1v) is 9.21. The van der Waals surface area contributed by atoms with Crippen molar-refractivity contribution >= 4 is 20.4 Å². The molecule has 0 saturated carbocycles. The third-order valence-electron chi connectivity index (χ3n) is 4.31. The monoisotopic (exact) mass is 408 g/mol. The zero-order chi connectivity index (χ0) is 18.4. The second-order valence-corrected chi connectivity index (χ2v) is 6.76. The van der Waals surface area contributed by atoms with Gasteiger partial charge in [0.1, 0.15) is 11.5 Å². The highest BCUT2D eigenvalue weighted by molar-refractivity contribution is 9.15. The van der Waals surface area contributed by atoms with Gasteiger partial charge in [0.25, 0.3) is 0 Å². The molecular weight excluding hydrogens is 388 g/mol. The van der Waals surface area contributed by atoms with Crippen LogP contribution in [-0.2, 0) is 0 Å². The molecule has 0 aromatic heterocycles. The van der Waals surface area contributed by atoms with Crippen molar-refractivity contribution in [2.24, 2.45) is 0 Å². The molecule has 3 rings (SSSR count). The molecule has 0 heterocycles. The lowest BCUT2D eigenvalue weighted by Gasteiger charge is -2.16. The van der Waals surface area contributed by atoms with Crippen LogP contribution in [0.2, 0.25) is 0 Å². The Balaban J connectivity index is 2.02. The van der Waals surface area contributed by atoms with Crippen LogP contribution < -0.4 is 9.47 Å². The van der Waals surface area contributed by atoms with E-state index in [0.29, 0.717) is 0 Å². The summed E-state index contributed by atoms with van der Waals surface area (Å²) in [4.78, 5) is 0. The van der Waals surface area contributed by atoms with Gasteiger partial charge in [-0.3, -0.25) is 0 Å². The third-order valence-corrected chi connectivity index (χ3v) is 5.03. The highest BCUT2D eigenvalue weighted by Gasteiger charge is 2.14. The zero-order valence-electron chi connectivity index (χ0n) is 14.9. The molecule has 0 spiro atoms. The van der Waals surface area contributed by atoms with Gasteiger partial charge in [0, 0.05) is 10.4 Å². The quantitative estimate of drug-likeness (QED) is 0.478. The minimum Gasteiger partial charge on any atom is -0.497 e. The lowest BCUT2D eigenvalue weighted by Crippen LogP contribution is -1.99. The van der Waals surface area contributed by atoms with Crippen molar-refractivity contribution < 1.29 is 9.47 Å². The lowest BCUT2D eigenvalue weighted by molar-refractivity contribution is 0.414. The van der Waals surface area contributed by atoms with Crippen LogP contribution in [0, 0.1) is 0 Å². The van der Waals surface area contributed by atoms with E-state index in [1.807, 2.05) is 42.5 Å². The van der Waals surface area contributed by atoms with Crippen LogP contribution >= 0.6 is 15.9 Å². The van der Waals surface area contributed by atoms with Crippen molar-refractivity contribution in [2.45, 2.75) is 5.92 Å². The van der Waals surface area contributed by atoms with E-state index in [1.165, 1.54) is 11.1 Å². The van der Waals surface area contributed by atoms with Crippen molar-refractivity contribution in [1.82, 2.24) is 0 Å². The van der Waals surface area contributed by atoms with E-state index in [9.17, 15) is 0 Å². The average molecular weight is 409 g/mol. The summed E-state index contributed by atoms with van der Waals surface area (Å²) in [6.45, 7) is 0. The molecule has 0 N–H and O–H groups in total. The molecular formula is C23H21BrO2. The van der Waals surface area contributed by atoms with E-state index in [0.717, 1.165) is 21.5 Å². The van der Waals surface area contributed by atoms with Gasteiger partial charge < -0.3 is 9.47 Å². The third kappa shape index (κ3) is 4.36. The fourth-order valence-corrected chi connectivity index (χ4v) is 3.38. The molecule has 0 aliphatic rings. The number of hydrogen-bond donors (Lipinski definition) is 0. The maximum atomic E-state index is 5.29. The molecule has 0 aliphatic heterocycles. The van der Waals surface area contributed by atoms with Gasteiger partial charge in [-0.05, 0) is 41.0 Å². The van der Waals surface area contributed by atoms with Crippen LogP contribution in [0.15, 0.2) is 84.9 Å². The first-order chi connectivity index (χ1) is 12.7. The molecule has 3 aromatic carbocycles. The molecule has 132 valence electrons. The summed E-state index contributed by atoms with van der Waals surface area (Å²) in [5.41, 5.74) is 3.55. The van der Waals surface area contributed by atoms with E-state index >= 15 is 0 Å². The minimum absolute atomic E-state index is 0.112. The second-order valence-electron chi connectivity index (χ2n) is 5.90. The molecule has 0 radical (unpaired) electrons. The Labute approximate surface area is 163 Å². The number of benzene rings is 3.